The molecule has 1 aliphatic rings. The molecule has 0 bridgehead atoms. The molecule has 4 nitrogen and oxygen atoms in total. The Labute approximate surface area is 137 Å². The molecule has 1 unspecified atom stereocenters. The number of fused-ring (bicyclic) bond motifs is 1. The highest BCUT2D eigenvalue weighted by atomic mass is 127. The number of halogens is 1. The van der Waals surface area contributed by atoms with Gasteiger partial charge in [0.15, 0.2) is 11.9 Å². The molecule has 1 aliphatic heterocycles. The first-order chi connectivity index (χ1) is 9.86. The fourth-order valence-electron chi connectivity index (χ4n) is 2.46. The van der Waals surface area contributed by atoms with Gasteiger partial charge in [-0.25, -0.2) is 4.98 Å². The number of benzene rings is 1. The molecule has 0 fully saturated rings. The number of aromatic amines is 1. The lowest BCUT2D eigenvalue weighted by molar-refractivity contribution is 0.226. The van der Waals surface area contributed by atoms with E-state index in [0.29, 0.717) is 9.39 Å². The Morgan fingerprint density at radius 1 is 1.33 bits per heavy atom. The minimum absolute atomic E-state index is 0.0925. The number of hydrogen-bond donors (Lipinski definition) is 1. The molecule has 0 amide bonds. The molecule has 5 heteroatoms. The molecule has 3 rings (SSSR count). The average Bonchev–Trinajstić information content (AvgIpc) is 2.84. The predicted octanol–water partition coefficient (Wildman–Crippen LogP) is 3.35. The highest BCUT2D eigenvalue weighted by molar-refractivity contribution is 14.1. The molecule has 0 spiro atoms. The van der Waals surface area contributed by atoms with Gasteiger partial charge in [-0.15, -0.1) is 0 Å². The summed E-state index contributed by atoms with van der Waals surface area (Å²) >= 11 is 2.06. The predicted molar refractivity (Wildman–Crippen MR) is 89.8 cm³/mol. The van der Waals surface area contributed by atoms with Crippen molar-refractivity contribution in [3.8, 4) is 5.75 Å². The lowest BCUT2D eigenvalue weighted by Gasteiger charge is -2.21. The zero-order valence-corrected chi connectivity index (χ0v) is 14.4. The standard InChI is InChI=1S/C16H17IN2O2/c1-16(2,3)13-12(17)15(20)19-14(18-13)11-8-9-6-4-5-7-10(9)21-11/h4-7,11H,8H2,1-3H3,(H,18,19,20). The van der Waals surface area contributed by atoms with Crippen molar-refractivity contribution in [3.05, 3.63) is 55.3 Å². The van der Waals surface area contributed by atoms with Crippen molar-refractivity contribution < 1.29 is 4.74 Å². The van der Waals surface area contributed by atoms with E-state index in [9.17, 15) is 4.79 Å². The molecule has 0 saturated heterocycles. The topological polar surface area (TPSA) is 55.0 Å². The van der Waals surface area contributed by atoms with Crippen LogP contribution in [0.5, 0.6) is 5.75 Å². The second kappa shape index (κ2) is 5.12. The summed E-state index contributed by atoms with van der Waals surface area (Å²) in [5.41, 5.74) is 1.71. The maximum absolute atomic E-state index is 12.2. The average molecular weight is 396 g/mol. The number of para-hydroxylation sites is 1. The van der Waals surface area contributed by atoms with Crippen molar-refractivity contribution in [1.82, 2.24) is 9.97 Å². The zero-order chi connectivity index (χ0) is 15.2. The van der Waals surface area contributed by atoms with Gasteiger partial charge in [-0.1, -0.05) is 39.0 Å². The van der Waals surface area contributed by atoms with E-state index in [-0.39, 0.29) is 17.1 Å². The number of ether oxygens (including phenoxy) is 1. The van der Waals surface area contributed by atoms with Gasteiger partial charge in [0, 0.05) is 11.8 Å². The first kappa shape index (κ1) is 14.6. The molecule has 1 aromatic carbocycles. The summed E-state index contributed by atoms with van der Waals surface area (Å²) < 4.78 is 6.57. The molecular weight excluding hydrogens is 379 g/mol. The lowest BCUT2D eigenvalue weighted by atomic mass is 9.92. The van der Waals surface area contributed by atoms with Crippen LogP contribution in [0.2, 0.25) is 0 Å². The number of nitrogens with one attached hydrogen (secondary N) is 1. The first-order valence-corrected chi connectivity index (χ1v) is 7.99. The van der Waals surface area contributed by atoms with Crippen LogP contribution in [0, 0.1) is 3.57 Å². The molecule has 1 atom stereocenters. The third-order valence-corrected chi connectivity index (χ3v) is 4.54. The molecule has 0 radical (unpaired) electrons. The second-order valence-corrected chi connectivity index (χ2v) is 7.36. The normalized spacial score (nSPS) is 17.4. The summed E-state index contributed by atoms with van der Waals surface area (Å²) in [6, 6.07) is 7.94. The highest BCUT2D eigenvalue weighted by Crippen LogP contribution is 2.35. The number of rotatable bonds is 1. The van der Waals surface area contributed by atoms with Gasteiger partial charge in [0.1, 0.15) is 9.32 Å². The second-order valence-electron chi connectivity index (χ2n) is 6.28. The van der Waals surface area contributed by atoms with Crippen LogP contribution in [-0.4, -0.2) is 9.97 Å². The monoisotopic (exact) mass is 396 g/mol. The number of hydrogen-bond acceptors (Lipinski definition) is 3. The molecular formula is C16H17IN2O2. The van der Waals surface area contributed by atoms with Gasteiger partial charge < -0.3 is 9.72 Å². The Hall–Kier alpha value is -1.37. The van der Waals surface area contributed by atoms with Crippen LogP contribution in [0.1, 0.15) is 44.0 Å². The Morgan fingerprint density at radius 2 is 2.05 bits per heavy atom. The van der Waals surface area contributed by atoms with Crippen LogP contribution in [0.4, 0.5) is 0 Å². The summed E-state index contributed by atoms with van der Waals surface area (Å²) in [7, 11) is 0. The summed E-state index contributed by atoms with van der Waals surface area (Å²) in [6.07, 6.45) is 0.525. The van der Waals surface area contributed by atoms with E-state index in [1.165, 1.54) is 0 Å². The number of aromatic nitrogens is 2. The van der Waals surface area contributed by atoms with Crippen molar-refractivity contribution in [2.45, 2.75) is 38.7 Å². The number of nitrogens with zero attached hydrogens (tertiary/aromatic N) is 1. The van der Waals surface area contributed by atoms with Gasteiger partial charge in [-0.05, 0) is 34.2 Å². The van der Waals surface area contributed by atoms with Crippen LogP contribution < -0.4 is 10.3 Å². The third-order valence-electron chi connectivity index (χ3n) is 3.54. The SMILES string of the molecule is CC(C)(C)c1nc(C2Cc3ccccc3O2)[nH]c(=O)c1I. The Bertz CT molecular complexity index is 722. The summed E-state index contributed by atoms with van der Waals surface area (Å²) in [5.74, 6) is 1.49. The fraction of sp³-hybridized carbons (Fsp3) is 0.375. The van der Waals surface area contributed by atoms with E-state index in [2.05, 4.69) is 53.3 Å². The van der Waals surface area contributed by atoms with Crippen LogP contribution >= 0.6 is 22.6 Å². The van der Waals surface area contributed by atoms with E-state index in [1.54, 1.807) is 0 Å². The smallest absolute Gasteiger partial charge is 0.264 e. The molecule has 110 valence electrons. The van der Waals surface area contributed by atoms with Crippen molar-refractivity contribution in [1.29, 1.82) is 0 Å². The van der Waals surface area contributed by atoms with E-state index in [4.69, 9.17) is 4.74 Å². The van der Waals surface area contributed by atoms with E-state index < -0.39 is 0 Å². The zero-order valence-electron chi connectivity index (χ0n) is 12.2. The van der Waals surface area contributed by atoms with Gasteiger partial charge in [-0.2, -0.15) is 0 Å². The largest absolute Gasteiger partial charge is 0.482 e. The maximum atomic E-state index is 12.2. The van der Waals surface area contributed by atoms with Gasteiger partial charge >= 0.3 is 0 Å². The van der Waals surface area contributed by atoms with Crippen LogP contribution in [0.25, 0.3) is 0 Å². The van der Waals surface area contributed by atoms with Gasteiger partial charge in [0.2, 0.25) is 0 Å². The molecule has 1 N–H and O–H groups in total. The highest BCUT2D eigenvalue weighted by Gasteiger charge is 2.29. The quantitative estimate of drug-likeness (QED) is 0.753. The van der Waals surface area contributed by atoms with Crippen molar-refractivity contribution in [3.63, 3.8) is 0 Å². The van der Waals surface area contributed by atoms with E-state index in [1.807, 2.05) is 24.3 Å². The Kier molecular flexibility index (Phi) is 3.55. The van der Waals surface area contributed by atoms with E-state index in [0.717, 1.165) is 23.4 Å². The molecule has 0 saturated carbocycles. The summed E-state index contributed by atoms with van der Waals surface area (Å²) in [4.78, 5) is 19.7. The fourth-order valence-corrected chi connectivity index (χ4v) is 3.52. The summed E-state index contributed by atoms with van der Waals surface area (Å²) in [6.45, 7) is 6.18. The van der Waals surface area contributed by atoms with Gasteiger partial charge in [0.05, 0.1) is 5.69 Å². The van der Waals surface area contributed by atoms with E-state index >= 15 is 0 Å². The molecule has 2 heterocycles. The van der Waals surface area contributed by atoms with Crippen LogP contribution in [0.3, 0.4) is 0 Å². The van der Waals surface area contributed by atoms with Crippen molar-refractivity contribution in [2.24, 2.45) is 0 Å². The van der Waals surface area contributed by atoms with Crippen LogP contribution in [0.15, 0.2) is 29.1 Å². The maximum Gasteiger partial charge on any atom is 0.264 e. The number of H-pyrrole nitrogens is 1. The summed E-state index contributed by atoms with van der Waals surface area (Å²) in [5, 5.41) is 0. The minimum atomic E-state index is -0.215. The lowest BCUT2D eigenvalue weighted by Crippen LogP contribution is -2.27. The van der Waals surface area contributed by atoms with Crippen molar-refractivity contribution in [2.75, 3.05) is 0 Å². The Balaban J connectivity index is 2.02. The molecule has 1 aromatic heterocycles. The van der Waals surface area contributed by atoms with Crippen LogP contribution in [-0.2, 0) is 11.8 Å². The van der Waals surface area contributed by atoms with Gasteiger partial charge in [0.25, 0.3) is 5.56 Å². The minimum Gasteiger partial charge on any atom is -0.482 e. The van der Waals surface area contributed by atoms with Gasteiger partial charge in [-0.3, -0.25) is 4.79 Å². The Morgan fingerprint density at radius 3 is 2.71 bits per heavy atom. The molecule has 2 aromatic rings. The third kappa shape index (κ3) is 2.71. The molecule has 21 heavy (non-hydrogen) atoms. The first-order valence-electron chi connectivity index (χ1n) is 6.91. The molecule has 0 aliphatic carbocycles. The van der Waals surface area contributed by atoms with Crippen molar-refractivity contribution >= 4 is 22.6 Å².